The number of nitriles is 1. The van der Waals surface area contributed by atoms with E-state index in [1.165, 1.54) is 6.92 Å². The van der Waals surface area contributed by atoms with Gasteiger partial charge >= 0.3 is 0 Å². The number of nitrogens with two attached hydrogens (primary N) is 1. The third kappa shape index (κ3) is 4.94. The Bertz CT molecular complexity index is 1320. The van der Waals surface area contributed by atoms with Crippen LogP contribution in [0.1, 0.15) is 18.1 Å². The second-order valence-electron chi connectivity index (χ2n) is 7.13. The van der Waals surface area contributed by atoms with E-state index in [0.29, 0.717) is 34.9 Å². The number of nitrogens with zero attached hydrogens (tertiary/aromatic N) is 6. The molecule has 0 unspecified atom stereocenters. The number of benzene rings is 2. The van der Waals surface area contributed by atoms with Crippen molar-refractivity contribution >= 4 is 11.7 Å². The second-order valence-corrected chi connectivity index (χ2v) is 7.13. The number of carbonyl (C=O) groups is 1. The van der Waals surface area contributed by atoms with E-state index in [4.69, 9.17) is 15.7 Å². The Morgan fingerprint density at radius 3 is 2.72 bits per heavy atom. The Labute approximate surface area is 184 Å². The molecule has 0 saturated heterocycles. The number of anilines is 1. The molecule has 0 spiro atoms. The standard InChI is InChI=1S/C23H19N7O2/c1-15(31)14-32-19-7-3-5-17(9-19)12-30-13-22(28-29-30)21-10-20(26-23(25)27-21)18-6-2-4-16(8-18)11-24/h2-10,13H,12,14H2,1H3,(H2,25,26,27). The molecule has 0 atom stereocenters. The number of hydrogen-bond donors (Lipinski definition) is 1. The summed E-state index contributed by atoms with van der Waals surface area (Å²) < 4.78 is 7.13. The Hall–Kier alpha value is -4.58. The van der Waals surface area contributed by atoms with E-state index in [0.717, 1.165) is 11.1 Å². The summed E-state index contributed by atoms with van der Waals surface area (Å²) in [5.41, 5.74) is 9.81. The van der Waals surface area contributed by atoms with E-state index in [9.17, 15) is 4.79 Å². The highest BCUT2D eigenvalue weighted by atomic mass is 16.5. The second kappa shape index (κ2) is 9.06. The maximum atomic E-state index is 11.1. The van der Waals surface area contributed by atoms with Gasteiger partial charge in [-0.3, -0.25) is 4.79 Å². The highest BCUT2D eigenvalue weighted by Crippen LogP contribution is 2.24. The third-order valence-electron chi connectivity index (χ3n) is 4.52. The van der Waals surface area contributed by atoms with E-state index in [-0.39, 0.29) is 18.3 Å². The summed E-state index contributed by atoms with van der Waals surface area (Å²) in [7, 11) is 0. The summed E-state index contributed by atoms with van der Waals surface area (Å²) >= 11 is 0. The molecule has 9 heteroatoms. The first-order valence-electron chi connectivity index (χ1n) is 9.77. The lowest BCUT2D eigenvalue weighted by Gasteiger charge is -2.06. The normalized spacial score (nSPS) is 10.5. The molecular formula is C23H19N7O2. The molecule has 0 bridgehead atoms. The summed E-state index contributed by atoms with van der Waals surface area (Å²) in [5, 5.41) is 17.5. The highest BCUT2D eigenvalue weighted by molar-refractivity contribution is 5.77. The maximum absolute atomic E-state index is 11.1. The molecule has 0 aliphatic heterocycles. The molecule has 2 aromatic carbocycles. The first-order valence-corrected chi connectivity index (χ1v) is 9.77. The molecule has 0 radical (unpaired) electrons. The fourth-order valence-corrected chi connectivity index (χ4v) is 3.09. The van der Waals surface area contributed by atoms with Gasteiger partial charge in [-0.05, 0) is 42.8 Å². The fraction of sp³-hybridized carbons (Fsp3) is 0.130. The molecule has 4 aromatic rings. The zero-order valence-electron chi connectivity index (χ0n) is 17.3. The highest BCUT2D eigenvalue weighted by Gasteiger charge is 2.11. The van der Waals surface area contributed by atoms with Crippen molar-refractivity contribution in [1.82, 2.24) is 25.0 Å². The molecular weight excluding hydrogens is 406 g/mol. The van der Waals surface area contributed by atoms with Crippen molar-refractivity contribution in [3.05, 3.63) is 71.9 Å². The molecule has 0 saturated carbocycles. The van der Waals surface area contributed by atoms with Gasteiger partial charge in [0, 0.05) is 5.56 Å². The molecule has 0 aliphatic rings. The monoisotopic (exact) mass is 425 g/mol. The van der Waals surface area contributed by atoms with Gasteiger partial charge in [0.1, 0.15) is 18.1 Å². The Morgan fingerprint density at radius 2 is 1.91 bits per heavy atom. The lowest BCUT2D eigenvalue weighted by molar-refractivity contribution is -0.118. The zero-order chi connectivity index (χ0) is 22.5. The van der Waals surface area contributed by atoms with Crippen molar-refractivity contribution < 1.29 is 9.53 Å². The molecule has 2 aromatic heterocycles. The Morgan fingerprint density at radius 1 is 1.09 bits per heavy atom. The molecule has 0 amide bonds. The summed E-state index contributed by atoms with van der Waals surface area (Å²) in [4.78, 5) is 19.7. The van der Waals surface area contributed by atoms with Crippen LogP contribution in [0.4, 0.5) is 5.95 Å². The van der Waals surface area contributed by atoms with Crippen molar-refractivity contribution in [2.45, 2.75) is 13.5 Å². The lowest BCUT2D eigenvalue weighted by Crippen LogP contribution is -2.07. The number of nitrogen functional groups attached to an aromatic ring is 1. The quantitative estimate of drug-likeness (QED) is 0.478. The predicted octanol–water partition coefficient (Wildman–Crippen LogP) is 2.87. The van der Waals surface area contributed by atoms with Gasteiger partial charge in [0.15, 0.2) is 5.78 Å². The average Bonchev–Trinajstić information content (AvgIpc) is 3.26. The summed E-state index contributed by atoms with van der Waals surface area (Å²) in [6.45, 7) is 1.97. The van der Waals surface area contributed by atoms with Gasteiger partial charge in [-0.15, -0.1) is 5.10 Å². The molecule has 32 heavy (non-hydrogen) atoms. The topological polar surface area (TPSA) is 133 Å². The number of Topliss-reactive ketones (excluding diaryl/α,β-unsaturated/α-hetero) is 1. The first-order chi connectivity index (χ1) is 15.5. The molecule has 0 aliphatic carbocycles. The SMILES string of the molecule is CC(=O)COc1cccc(Cn2cc(-c3cc(-c4cccc(C#N)c4)nc(N)n3)nn2)c1. The van der Waals surface area contributed by atoms with Crippen LogP contribution in [-0.2, 0) is 11.3 Å². The molecule has 2 N–H and O–H groups in total. The van der Waals surface area contributed by atoms with Crippen LogP contribution < -0.4 is 10.5 Å². The minimum atomic E-state index is -0.0424. The molecule has 4 rings (SSSR count). The van der Waals surface area contributed by atoms with E-state index in [1.807, 2.05) is 24.3 Å². The van der Waals surface area contributed by atoms with E-state index < -0.39 is 0 Å². The lowest BCUT2D eigenvalue weighted by atomic mass is 10.1. The molecule has 9 nitrogen and oxygen atoms in total. The summed E-state index contributed by atoms with van der Waals surface area (Å²) in [5.74, 6) is 0.676. The van der Waals surface area contributed by atoms with Gasteiger partial charge in [0.05, 0.1) is 35.8 Å². The number of aromatic nitrogens is 5. The Kier molecular flexibility index (Phi) is 5.85. The summed E-state index contributed by atoms with van der Waals surface area (Å²) in [6, 6.07) is 18.4. The number of ketones is 1. The maximum Gasteiger partial charge on any atom is 0.221 e. The van der Waals surface area contributed by atoms with Crippen molar-refractivity contribution in [3.63, 3.8) is 0 Å². The van der Waals surface area contributed by atoms with E-state index >= 15 is 0 Å². The first kappa shape index (κ1) is 20.7. The Balaban J connectivity index is 1.56. The van der Waals surface area contributed by atoms with Crippen LogP contribution in [0.2, 0.25) is 0 Å². The van der Waals surface area contributed by atoms with Gasteiger partial charge in [-0.1, -0.05) is 29.5 Å². The number of carbonyl (C=O) groups excluding carboxylic acids is 1. The van der Waals surface area contributed by atoms with Crippen LogP contribution in [-0.4, -0.2) is 37.4 Å². The van der Waals surface area contributed by atoms with Crippen molar-refractivity contribution in [2.75, 3.05) is 12.3 Å². The van der Waals surface area contributed by atoms with Crippen LogP contribution in [0.3, 0.4) is 0 Å². The van der Waals surface area contributed by atoms with Gasteiger partial charge in [-0.2, -0.15) is 5.26 Å². The molecule has 158 valence electrons. The van der Waals surface area contributed by atoms with Crippen LogP contribution in [0.25, 0.3) is 22.6 Å². The van der Waals surface area contributed by atoms with Crippen LogP contribution >= 0.6 is 0 Å². The van der Waals surface area contributed by atoms with Gasteiger partial charge in [0.25, 0.3) is 0 Å². The van der Waals surface area contributed by atoms with Gasteiger partial charge in [0.2, 0.25) is 5.95 Å². The van der Waals surface area contributed by atoms with Crippen molar-refractivity contribution in [3.8, 4) is 34.5 Å². The van der Waals surface area contributed by atoms with Gasteiger partial charge < -0.3 is 10.5 Å². The molecule has 0 fully saturated rings. The number of ether oxygens (including phenoxy) is 1. The minimum absolute atomic E-state index is 0.0334. The predicted molar refractivity (Wildman–Crippen MR) is 117 cm³/mol. The van der Waals surface area contributed by atoms with Crippen molar-refractivity contribution in [2.24, 2.45) is 0 Å². The molecule has 2 heterocycles. The number of rotatable bonds is 7. The van der Waals surface area contributed by atoms with Crippen LogP contribution in [0.15, 0.2) is 60.8 Å². The zero-order valence-corrected chi connectivity index (χ0v) is 17.3. The van der Waals surface area contributed by atoms with E-state index in [1.54, 1.807) is 41.2 Å². The van der Waals surface area contributed by atoms with Crippen LogP contribution in [0.5, 0.6) is 5.75 Å². The fourth-order valence-electron chi connectivity index (χ4n) is 3.09. The average molecular weight is 425 g/mol. The largest absolute Gasteiger partial charge is 0.486 e. The van der Waals surface area contributed by atoms with E-state index in [2.05, 4.69) is 26.3 Å². The van der Waals surface area contributed by atoms with Gasteiger partial charge in [-0.25, -0.2) is 14.6 Å². The van der Waals surface area contributed by atoms with Crippen LogP contribution in [0, 0.1) is 11.3 Å². The minimum Gasteiger partial charge on any atom is -0.486 e. The smallest absolute Gasteiger partial charge is 0.221 e. The summed E-state index contributed by atoms with van der Waals surface area (Å²) in [6.07, 6.45) is 1.76. The number of hydrogen-bond acceptors (Lipinski definition) is 8. The van der Waals surface area contributed by atoms with Crippen molar-refractivity contribution in [1.29, 1.82) is 5.26 Å². The third-order valence-corrected chi connectivity index (χ3v) is 4.52.